The van der Waals surface area contributed by atoms with Gasteiger partial charge in [0.25, 0.3) is 5.22 Å². The molecule has 1 saturated heterocycles. The third-order valence-electron chi connectivity index (χ3n) is 5.20. The van der Waals surface area contributed by atoms with E-state index in [9.17, 15) is 4.79 Å². The van der Waals surface area contributed by atoms with Crippen LogP contribution in [0.25, 0.3) is 11.1 Å². The Hall–Kier alpha value is -2.18. The van der Waals surface area contributed by atoms with Crippen molar-refractivity contribution in [3.63, 3.8) is 0 Å². The molecular weight excluding hydrogens is 394 g/mol. The van der Waals surface area contributed by atoms with E-state index >= 15 is 0 Å². The van der Waals surface area contributed by atoms with Crippen molar-refractivity contribution in [3.8, 4) is 0 Å². The topological polar surface area (TPSA) is 49.6 Å². The molecule has 1 aromatic heterocycles. The lowest BCUT2D eigenvalue weighted by molar-refractivity contribution is -0.128. The minimum absolute atomic E-state index is 0.117. The fourth-order valence-corrected chi connectivity index (χ4v) is 4.33. The molecule has 0 saturated carbocycles. The van der Waals surface area contributed by atoms with E-state index in [2.05, 4.69) is 41.9 Å². The fourth-order valence-electron chi connectivity index (χ4n) is 3.43. The maximum atomic E-state index is 12.6. The molecule has 2 aromatic carbocycles. The first-order chi connectivity index (χ1) is 13.5. The second-order valence-electron chi connectivity index (χ2n) is 6.97. The van der Waals surface area contributed by atoms with Crippen molar-refractivity contribution in [2.75, 3.05) is 36.8 Å². The molecule has 1 aliphatic heterocycles. The largest absolute Gasteiger partial charge is 0.431 e. The Balaban J connectivity index is 1.33. The monoisotopic (exact) mass is 415 g/mol. The highest BCUT2D eigenvalue weighted by Crippen LogP contribution is 2.27. The molecule has 0 N–H and O–H groups in total. The van der Waals surface area contributed by atoms with Crippen LogP contribution in [0.4, 0.5) is 5.69 Å². The van der Waals surface area contributed by atoms with Crippen molar-refractivity contribution in [2.45, 2.75) is 19.1 Å². The number of benzene rings is 2. The summed E-state index contributed by atoms with van der Waals surface area (Å²) in [7, 11) is 0. The Kier molecular flexibility index (Phi) is 5.51. The van der Waals surface area contributed by atoms with Crippen LogP contribution in [0.2, 0.25) is 5.02 Å². The van der Waals surface area contributed by atoms with E-state index in [4.69, 9.17) is 16.0 Å². The molecule has 0 unspecified atom stereocenters. The van der Waals surface area contributed by atoms with E-state index in [1.807, 2.05) is 11.0 Å². The summed E-state index contributed by atoms with van der Waals surface area (Å²) < 4.78 is 5.67. The van der Waals surface area contributed by atoms with Gasteiger partial charge in [-0.3, -0.25) is 4.79 Å². The number of amides is 1. The summed E-state index contributed by atoms with van der Waals surface area (Å²) in [5.41, 5.74) is 5.28. The van der Waals surface area contributed by atoms with Crippen molar-refractivity contribution in [3.05, 3.63) is 52.5 Å². The Morgan fingerprint density at radius 1 is 1.18 bits per heavy atom. The summed E-state index contributed by atoms with van der Waals surface area (Å²) in [6.07, 6.45) is 0. The molecule has 0 bridgehead atoms. The van der Waals surface area contributed by atoms with Gasteiger partial charge in [-0.15, -0.1) is 0 Å². The van der Waals surface area contributed by atoms with Crippen molar-refractivity contribution < 1.29 is 9.21 Å². The van der Waals surface area contributed by atoms with Crippen LogP contribution in [0, 0.1) is 13.8 Å². The average molecular weight is 416 g/mol. The number of rotatable bonds is 4. The summed E-state index contributed by atoms with van der Waals surface area (Å²) in [4.78, 5) is 21.3. The van der Waals surface area contributed by atoms with Gasteiger partial charge in [-0.1, -0.05) is 35.5 Å². The highest BCUT2D eigenvalue weighted by Gasteiger charge is 2.23. The maximum Gasteiger partial charge on any atom is 0.257 e. The molecule has 1 amide bonds. The second kappa shape index (κ2) is 8.05. The summed E-state index contributed by atoms with van der Waals surface area (Å²) in [6, 6.07) is 11.7. The lowest BCUT2D eigenvalue weighted by atomic mass is 10.1. The van der Waals surface area contributed by atoms with Gasteiger partial charge >= 0.3 is 0 Å². The Morgan fingerprint density at radius 2 is 1.96 bits per heavy atom. The molecule has 0 aliphatic carbocycles. The van der Waals surface area contributed by atoms with E-state index in [1.165, 1.54) is 28.6 Å². The van der Waals surface area contributed by atoms with Crippen molar-refractivity contribution in [1.29, 1.82) is 0 Å². The normalized spacial score (nSPS) is 14.7. The van der Waals surface area contributed by atoms with E-state index < -0.39 is 0 Å². The number of carbonyl (C=O) groups excluding carboxylic acids is 1. The first-order valence-corrected chi connectivity index (χ1v) is 10.7. The molecule has 7 heteroatoms. The molecule has 4 rings (SSSR count). The van der Waals surface area contributed by atoms with Crippen LogP contribution in [-0.4, -0.2) is 47.7 Å². The molecule has 1 aliphatic rings. The van der Waals surface area contributed by atoms with E-state index in [-0.39, 0.29) is 5.91 Å². The molecule has 0 atom stereocenters. The second-order valence-corrected chi connectivity index (χ2v) is 8.33. The first kappa shape index (κ1) is 19.2. The highest BCUT2D eigenvalue weighted by molar-refractivity contribution is 7.99. The van der Waals surface area contributed by atoms with Gasteiger partial charge in [0.05, 0.1) is 5.75 Å². The zero-order valence-corrected chi connectivity index (χ0v) is 17.5. The van der Waals surface area contributed by atoms with E-state index in [1.54, 1.807) is 12.1 Å². The van der Waals surface area contributed by atoms with Crippen LogP contribution in [0.5, 0.6) is 0 Å². The third kappa shape index (κ3) is 3.98. The van der Waals surface area contributed by atoms with Crippen molar-refractivity contribution >= 4 is 46.1 Å². The maximum absolute atomic E-state index is 12.6. The fraction of sp³-hybridized carbons (Fsp3) is 0.333. The number of fused-ring (bicyclic) bond motifs is 1. The van der Waals surface area contributed by atoms with Crippen LogP contribution in [0.15, 0.2) is 46.0 Å². The number of halogens is 1. The van der Waals surface area contributed by atoms with E-state index in [0.29, 0.717) is 21.6 Å². The van der Waals surface area contributed by atoms with Gasteiger partial charge in [-0.2, -0.15) is 0 Å². The van der Waals surface area contributed by atoms with Gasteiger partial charge in [0, 0.05) is 43.0 Å². The number of hydrogen-bond acceptors (Lipinski definition) is 5. The summed E-state index contributed by atoms with van der Waals surface area (Å²) in [5.74, 6) is 0.440. The van der Waals surface area contributed by atoms with Gasteiger partial charge in [-0.25, -0.2) is 4.98 Å². The van der Waals surface area contributed by atoms with Crippen LogP contribution >= 0.6 is 23.4 Å². The number of oxazole rings is 1. The van der Waals surface area contributed by atoms with Crippen LogP contribution in [0.1, 0.15) is 11.1 Å². The lowest BCUT2D eigenvalue weighted by Gasteiger charge is -2.37. The summed E-state index contributed by atoms with van der Waals surface area (Å²) in [5, 5.41) is 1.11. The minimum Gasteiger partial charge on any atom is -0.431 e. The van der Waals surface area contributed by atoms with Gasteiger partial charge in [0.15, 0.2) is 5.58 Å². The lowest BCUT2D eigenvalue weighted by Crippen LogP contribution is -2.49. The quantitative estimate of drug-likeness (QED) is 0.585. The van der Waals surface area contributed by atoms with Crippen molar-refractivity contribution in [2.24, 2.45) is 0 Å². The molecule has 2 heterocycles. The van der Waals surface area contributed by atoms with Gasteiger partial charge < -0.3 is 14.2 Å². The Labute approximate surface area is 173 Å². The number of piperazine rings is 1. The standard InChI is InChI=1S/C21H22ClN3O2S/c1-14-4-3-5-18(15(14)2)24-8-10-25(11-9-24)20(26)13-28-21-23-17-7-6-16(22)12-19(17)27-21/h3-7,12H,8-11,13H2,1-2H3. The zero-order valence-electron chi connectivity index (χ0n) is 15.9. The molecule has 1 fully saturated rings. The van der Waals surface area contributed by atoms with Crippen LogP contribution in [0.3, 0.4) is 0 Å². The molecule has 28 heavy (non-hydrogen) atoms. The van der Waals surface area contributed by atoms with E-state index in [0.717, 1.165) is 31.7 Å². The number of aromatic nitrogens is 1. The first-order valence-electron chi connectivity index (χ1n) is 9.29. The van der Waals surface area contributed by atoms with Crippen LogP contribution in [-0.2, 0) is 4.79 Å². The Bertz CT molecular complexity index is 1010. The van der Waals surface area contributed by atoms with Crippen LogP contribution < -0.4 is 4.90 Å². The zero-order chi connectivity index (χ0) is 19.7. The smallest absolute Gasteiger partial charge is 0.257 e. The number of carbonyl (C=O) groups is 1. The molecule has 3 aromatic rings. The SMILES string of the molecule is Cc1cccc(N2CCN(C(=O)CSc3nc4ccc(Cl)cc4o3)CC2)c1C. The van der Waals surface area contributed by atoms with Gasteiger partial charge in [0.2, 0.25) is 5.91 Å². The average Bonchev–Trinajstić information content (AvgIpc) is 3.10. The summed E-state index contributed by atoms with van der Waals surface area (Å²) >= 11 is 7.30. The molecule has 5 nitrogen and oxygen atoms in total. The molecule has 146 valence electrons. The predicted molar refractivity (Wildman–Crippen MR) is 114 cm³/mol. The number of nitrogens with zero attached hydrogens (tertiary/aromatic N) is 3. The van der Waals surface area contributed by atoms with Gasteiger partial charge in [-0.05, 0) is 43.2 Å². The summed E-state index contributed by atoms with van der Waals surface area (Å²) in [6.45, 7) is 7.46. The number of aryl methyl sites for hydroxylation is 1. The Morgan fingerprint density at radius 3 is 2.75 bits per heavy atom. The predicted octanol–water partition coefficient (Wildman–Crippen LogP) is 4.54. The molecular formula is C21H22ClN3O2S. The number of hydrogen-bond donors (Lipinski definition) is 0. The third-order valence-corrected chi connectivity index (χ3v) is 6.25. The van der Waals surface area contributed by atoms with Gasteiger partial charge in [0.1, 0.15) is 5.52 Å². The number of thioether (sulfide) groups is 1. The molecule has 0 spiro atoms. The highest BCUT2D eigenvalue weighted by atomic mass is 35.5. The number of anilines is 1. The molecule has 0 radical (unpaired) electrons. The van der Waals surface area contributed by atoms with Crippen molar-refractivity contribution in [1.82, 2.24) is 9.88 Å². The minimum atomic E-state index is 0.117.